The molecule has 0 aliphatic rings. The van der Waals surface area contributed by atoms with Crippen LogP contribution in [0.1, 0.15) is 25.0 Å². The predicted octanol–water partition coefficient (Wildman–Crippen LogP) is 4.10. The van der Waals surface area contributed by atoms with Gasteiger partial charge in [0.2, 0.25) is 0 Å². The lowest BCUT2D eigenvalue weighted by Crippen LogP contribution is -2.33. The second kappa shape index (κ2) is 6.42. The van der Waals surface area contributed by atoms with Gasteiger partial charge in [-0.1, -0.05) is 60.1 Å². The first kappa shape index (κ1) is 15.1. The van der Waals surface area contributed by atoms with E-state index in [1.165, 1.54) is 11.1 Å². The lowest BCUT2D eigenvalue weighted by atomic mass is 9.84. The number of rotatable bonds is 5. The van der Waals surface area contributed by atoms with Gasteiger partial charge in [-0.25, -0.2) is 0 Å². The van der Waals surface area contributed by atoms with Crippen molar-refractivity contribution in [3.05, 3.63) is 64.1 Å². The molecule has 2 aromatic rings. The number of hydrogen-bond donors (Lipinski definition) is 2. The minimum absolute atomic E-state index is 0.0699. The Balaban J connectivity index is 1.98. The minimum atomic E-state index is 0.0699. The Morgan fingerprint density at radius 1 is 1.10 bits per heavy atom. The van der Waals surface area contributed by atoms with Crippen LogP contribution in [0.15, 0.2) is 53.0 Å². The van der Waals surface area contributed by atoms with Gasteiger partial charge in [0, 0.05) is 28.7 Å². The van der Waals surface area contributed by atoms with Crippen LogP contribution >= 0.6 is 15.9 Å². The number of benzene rings is 2. The molecule has 0 heterocycles. The fourth-order valence-electron chi connectivity index (χ4n) is 2.33. The van der Waals surface area contributed by atoms with E-state index >= 15 is 0 Å². The van der Waals surface area contributed by atoms with E-state index in [1.54, 1.807) is 0 Å². The topological polar surface area (TPSA) is 38.0 Å². The highest BCUT2D eigenvalue weighted by molar-refractivity contribution is 9.10. The van der Waals surface area contributed by atoms with E-state index in [2.05, 4.69) is 59.4 Å². The molecule has 0 aliphatic heterocycles. The molecule has 0 saturated heterocycles. The number of halogens is 1. The van der Waals surface area contributed by atoms with Gasteiger partial charge < -0.3 is 11.1 Å². The van der Waals surface area contributed by atoms with Crippen LogP contribution in [-0.2, 0) is 12.0 Å². The molecule has 2 rings (SSSR count). The molecule has 0 atom stereocenters. The molecule has 106 valence electrons. The molecule has 20 heavy (non-hydrogen) atoms. The van der Waals surface area contributed by atoms with Crippen LogP contribution in [0.2, 0.25) is 0 Å². The Labute approximate surface area is 129 Å². The largest absolute Gasteiger partial charge is 0.399 e. The van der Waals surface area contributed by atoms with Gasteiger partial charge in [0.1, 0.15) is 0 Å². The highest BCUT2D eigenvalue weighted by atomic mass is 79.9. The Bertz CT molecular complexity index is 579. The molecule has 0 aliphatic carbocycles. The maximum absolute atomic E-state index is 5.79. The zero-order valence-corrected chi connectivity index (χ0v) is 13.6. The van der Waals surface area contributed by atoms with Crippen molar-refractivity contribution < 1.29 is 0 Å². The van der Waals surface area contributed by atoms with Gasteiger partial charge >= 0.3 is 0 Å². The molecule has 0 aromatic heterocycles. The van der Waals surface area contributed by atoms with E-state index in [9.17, 15) is 0 Å². The molecule has 0 spiro atoms. The summed E-state index contributed by atoms with van der Waals surface area (Å²) in [5.41, 5.74) is 9.21. The normalized spacial score (nSPS) is 11.6. The minimum Gasteiger partial charge on any atom is -0.399 e. The fraction of sp³-hybridized carbons (Fsp3) is 0.294. The predicted molar refractivity (Wildman–Crippen MR) is 89.7 cm³/mol. The molecule has 0 bridgehead atoms. The summed E-state index contributed by atoms with van der Waals surface area (Å²) in [6.07, 6.45) is 0. The summed E-state index contributed by atoms with van der Waals surface area (Å²) >= 11 is 3.63. The Hall–Kier alpha value is -1.32. The summed E-state index contributed by atoms with van der Waals surface area (Å²) in [5.74, 6) is 0. The fourth-order valence-corrected chi connectivity index (χ4v) is 3.15. The van der Waals surface area contributed by atoms with E-state index in [4.69, 9.17) is 5.73 Å². The number of hydrogen-bond acceptors (Lipinski definition) is 2. The molecular formula is C17H21BrN2. The number of nitrogens with one attached hydrogen (secondary N) is 1. The van der Waals surface area contributed by atoms with Crippen molar-refractivity contribution in [1.29, 1.82) is 0 Å². The third kappa shape index (κ3) is 3.84. The van der Waals surface area contributed by atoms with E-state index in [0.717, 1.165) is 23.2 Å². The Kier molecular flexibility index (Phi) is 4.84. The van der Waals surface area contributed by atoms with Crippen molar-refractivity contribution in [2.75, 3.05) is 12.3 Å². The molecule has 0 fully saturated rings. The van der Waals surface area contributed by atoms with Gasteiger partial charge in [-0.3, -0.25) is 0 Å². The molecule has 2 aromatic carbocycles. The summed E-state index contributed by atoms with van der Waals surface area (Å²) in [6, 6.07) is 16.4. The summed E-state index contributed by atoms with van der Waals surface area (Å²) in [7, 11) is 0. The first-order valence-corrected chi connectivity index (χ1v) is 7.58. The van der Waals surface area contributed by atoms with Gasteiger partial charge in [0.05, 0.1) is 0 Å². The smallest absolute Gasteiger partial charge is 0.0317 e. The van der Waals surface area contributed by atoms with Crippen LogP contribution in [-0.4, -0.2) is 6.54 Å². The second-order valence-corrected chi connectivity index (χ2v) is 6.57. The molecule has 2 nitrogen and oxygen atoms in total. The average Bonchev–Trinajstić information content (AvgIpc) is 2.39. The van der Waals surface area contributed by atoms with Crippen molar-refractivity contribution in [3.8, 4) is 0 Å². The Morgan fingerprint density at radius 3 is 2.55 bits per heavy atom. The van der Waals surface area contributed by atoms with Crippen molar-refractivity contribution in [2.24, 2.45) is 0 Å². The summed E-state index contributed by atoms with van der Waals surface area (Å²) in [4.78, 5) is 0. The van der Waals surface area contributed by atoms with Crippen molar-refractivity contribution >= 4 is 21.6 Å². The van der Waals surface area contributed by atoms with Crippen LogP contribution in [0.25, 0.3) is 0 Å². The lowest BCUT2D eigenvalue weighted by molar-refractivity contribution is 0.467. The van der Waals surface area contributed by atoms with E-state index in [-0.39, 0.29) is 5.41 Å². The number of nitrogen functional groups attached to an aromatic ring is 1. The van der Waals surface area contributed by atoms with Gasteiger partial charge in [-0.2, -0.15) is 0 Å². The third-order valence-corrected chi connectivity index (χ3v) is 4.14. The van der Waals surface area contributed by atoms with Gasteiger partial charge in [0.25, 0.3) is 0 Å². The number of nitrogens with two attached hydrogens (primary N) is 1. The highest BCUT2D eigenvalue weighted by Gasteiger charge is 2.22. The molecule has 0 unspecified atom stereocenters. The SMILES string of the molecule is CC(C)(CNCc1cccc(N)c1)c1ccccc1Br. The summed E-state index contributed by atoms with van der Waals surface area (Å²) in [5, 5.41) is 3.52. The molecule has 0 saturated carbocycles. The van der Waals surface area contributed by atoms with Crippen LogP contribution in [0.3, 0.4) is 0 Å². The van der Waals surface area contributed by atoms with Gasteiger partial charge in [0.15, 0.2) is 0 Å². The quantitative estimate of drug-likeness (QED) is 0.809. The molecule has 3 N–H and O–H groups in total. The van der Waals surface area contributed by atoms with Crippen molar-refractivity contribution in [3.63, 3.8) is 0 Å². The van der Waals surface area contributed by atoms with E-state index < -0.39 is 0 Å². The van der Waals surface area contributed by atoms with E-state index in [1.807, 2.05) is 24.3 Å². The Morgan fingerprint density at radius 2 is 1.85 bits per heavy atom. The van der Waals surface area contributed by atoms with Gasteiger partial charge in [-0.15, -0.1) is 0 Å². The average molecular weight is 333 g/mol. The maximum Gasteiger partial charge on any atom is 0.0317 e. The lowest BCUT2D eigenvalue weighted by Gasteiger charge is -2.27. The first-order valence-electron chi connectivity index (χ1n) is 6.79. The van der Waals surface area contributed by atoms with E-state index in [0.29, 0.717) is 0 Å². The molecule has 0 radical (unpaired) electrons. The standard InChI is InChI=1S/C17H21BrN2/c1-17(2,15-8-3-4-9-16(15)18)12-20-11-13-6-5-7-14(19)10-13/h3-10,20H,11-12,19H2,1-2H3. The van der Waals surface area contributed by atoms with Crippen LogP contribution < -0.4 is 11.1 Å². The molecular weight excluding hydrogens is 312 g/mol. The first-order chi connectivity index (χ1) is 9.49. The summed E-state index contributed by atoms with van der Waals surface area (Å²) < 4.78 is 1.16. The zero-order chi connectivity index (χ0) is 14.6. The highest BCUT2D eigenvalue weighted by Crippen LogP contribution is 2.29. The van der Waals surface area contributed by atoms with Crippen LogP contribution in [0, 0.1) is 0 Å². The monoisotopic (exact) mass is 332 g/mol. The van der Waals surface area contributed by atoms with Crippen molar-refractivity contribution in [1.82, 2.24) is 5.32 Å². The van der Waals surface area contributed by atoms with Crippen LogP contribution in [0.4, 0.5) is 5.69 Å². The molecule has 3 heteroatoms. The maximum atomic E-state index is 5.79. The second-order valence-electron chi connectivity index (χ2n) is 5.71. The third-order valence-electron chi connectivity index (χ3n) is 3.45. The van der Waals surface area contributed by atoms with Gasteiger partial charge in [-0.05, 0) is 29.3 Å². The van der Waals surface area contributed by atoms with Crippen LogP contribution in [0.5, 0.6) is 0 Å². The number of anilines is 1. The van der Waals surface area contributed by atoms with Crippen molar-refractivity contribution in [2.45, 2.75) is 25.8 Å². The summed E-state index contributed by atoms with van der Waals surface area (Å²) in [6.45, 7) is 6.24. The molecule has 0 amide bonds. The zero-order valence-electron chi connectivity index (χ0n) is 12.0.